The molecule has 2 heterocycles. The molecule has 1 saturated heterocycles. The minimum atomic E-state index is -0.957. The normalized spacial score (nSPS) is 16.2. The lowest BCUT2D eigenvalue weighted by molar-refractivity contribution is 0.0889. The van der Waals surface area contributed by atoms with Crippen LogP contribution in [0, 0.1) is 0 Å². The highest BCUT2D eigenvalue weighted by Gasteiger charge is 2.25. The Hall–Kier alpha value is -2.78. The molecular formula is C23H32N4O4S. The zero-order valence-corrected chi connectivity index (χ0v) is 19.5. The Morgan fingerprint density at radius 2 is 2.00 bits per heavy atom. The number of nitrogens with one attached hydrogen (secondary N) is 1. The molecular weight excluding hydrogens is 428 g/mol. The molecule has 8 nitrogen and oxygen atoms in total. The van der Waals surface area contributed by atoms with Crippen LogP contribution in [0.2, 0.25) is 0 Å². The number of nitrogen functional groups attached to an aromatic ring is 1. The Bertz CT molecular complexity index is 911. The molecule has 1 fully saturated rings. The summed E-state index contributed by atoms with van der Waals surface area (Å²) in [7, 11) is 0. The van der Waals surface area contributed by atoms with Gasteiger partial charge in [0.2, 0.25) is 0 Å². The zero-order valence-electron chi connectivity index (χ0n) is 18.7. The van der Waals surface area contributed by atoms with Gasteiger partial charge in [0.1, 0.15) is 12.4 Å². The maximum atomic E-state index is 12.8. The quantitative estimate of drug-likeness (QED) is 0.528. The largest absolute Gasteiger partial charge is 0.492 e. The number of carboxylic acid groups (broad SMARTS) is 1. The Morgan fingerprint density at radius 1 is 1.28 bits per heavy atom. The number of carbonyl (C=O) groups excluding carboxylic acids is 1. The molecule has 0 unspecified atom stereocenters. The summed E-state index contributed by atoms with van der Waals surface area (Å²) in [6, 6.07) is 9.37. The Morgan fingerprint density at radius 3 is 2.66 bits per heavy atom. The standard InChI is InChI=1S/C23H32N4O4S/c1-3-26(4-2)12-13-31-18-9-7-16(8-10-18)20-14-19(21(24)32-20)22(28)25-17-6-5-11-27(15-17)23(29)30/h7-10,14,17H,3-6,11-13,15,24H2,1-2H3,(H,25,28)(H,29,30)/t17-/m0/s1. The van der Waals surface area contributed by atoms with E-state index in [0.717, 1.165) is 48.7 Å². The van der Waals surface area contributed by atoms with E-state index in [4.69, 9.17) is 10.5 Å². The van der Waals surface area contributed by atoms with E-state index >= 15 is 0 Å². The molecule has 0 saturated carbocycles. The first-order valence-corrected chi connectivity index (χ1v) is 11.9. The van der Waals surface area contributed by atoms with Gasteiger partial charge in [0.05, 0.1) is 10.6 Å². The van der Waals surface area contributed by atoms with E-state index in [-0.39, 0.29) is 11.9 Å². The van der Waals surface area contributed by atoms with Gasteiger partial charge in [0, 0.05) is 30.6 Å². The summed E-state index contributed by atoms with van der Waals surface area (Å²) in [5, 5.41) is 12.6. The van der Waals surface area contributed by atoms with E-state index in [1.54, 1.807) is 6.07 Å². The monoisotopic (exact) mass is 460 g/mol. The van der Waals surface area contributed by atoms with Crippen molar-refractivity contribution in [2.75, 3.05) is 45.1 Å². The van der Waals surface area contributed by atoms with Crippen LogP contribution in [-0.4, -0.2) is 72.3 Å². The number of ether oxygens (including phenoxy) is 1. The molecule has 1 aromatic heterocycles. The van der Waals surface area contributed by atoms with Crippen LogP contribution >= 0.6 is 11.3 Å². The minimum absolute atomic E-state index is 0.206. The van der Waals surface area contributed by atoms with Gasteiger partial charge in [-0.05, 0) is 61.8 Å². The fourth-order valence-electron chi connectivity index (χ4n) is 3.80. The van der Waals surface area contributed by atoms with Crippen LogP contribution in [-0.2, 0) is 0 Å². The van der Waals surface area contributed by atoms with E-state index in [2.05, 4.69) is 24.1 Å². The van der Waals surface area contributed by atoms with E-state index in [9.17, 15) is 14.7 Å². The Balaban J connectivity index is 1.59. The van der Waals surface area contributed by atoms with Gasteiger partial charge in [-0.2, -0.15) is 0 Å². The number of likely N-dealkylation sites (N-methyl/N-ethyl adjacent to an activating group) is 1. The number of carbonyl (C=O) groups is 2. The second kappa shape index (κ2) is 11.2. The third-order valence-electron chi connectivity index (χ3n) is 5.74. The van der Waals surface area contributed by atoms with Crippen molar-refractivity contribution in [3.05, 3.63) is 35.9 Å². The highest BCUT2D eigenvalue weighted by Crippen LogP contribution is 2.34. The van der Waals surface area contributed by atoms with E-state index in [1.807, 2.05) is 24.3 Å². The van der Waals surface area contributed by atoms with Crippen molar-refractivity contribution in [3.63, 3.8) is 0 Å². The van der Waals surface area contributed by atoms with Gasteiger partial charge < -0.3 is 30.7 Å². The molecule has 0 radical (unpaired) electrons. The van der Waals surface area contributed by atoms with Crippen LogP contribution in [0.4, 0.5) is 9.80 Å². The summed E-state index contributed by atoms with van der Waals surface area (Å²) >= 11 is 1.36. The van der Waals surface area contributed by atoms with E-state index < -0.39 is 6.09 Å². The predicted molar refractivity (Wildman–Crippen MR) is 128 cm³/mol. The average Bonchev–Trinajstić information content (AvgIpc) is 3.19. The number of nitrogens with zero attached hydrogens (tertiary/aromatic N) is 2. The van der Waals surface area contributed by atoms with E-state index in [0.29, 0.717) is 30.3 Å². The predicted octanol–water partition coefficient (Wildman–Crippen LogP) is 3.59. The third kappa shape index (κ3) is 6.14. The lowest BCUT2D eigenvalue weighted by Crippen LogP contribution is -2.49. The second-order valence-corrected chi connectivity index (χ2v) is 8.91. The van der Waals surface area contributed by atoms with Crippen molar-refractivity contribution < 1.29 is 19.4 Å². The van der Waals surface area contributed by atoms with Crippen LogP contribution in [0.3, 0.4) is 0 Å². The summed E-state index contributed by atoms with van der Waals surface area (Å²) in [5.41, 5.74) is 7.53. The Kier molecular flexibility index (Phi) is 8.35. The number of piperidine rings is 1. The van der Waals surface area contributed by atoms with Crippen LogP contribution in [0.15, 0.2) is 30.3 Å². The van der Waals surface area contributed by atoms with Crippen molar-refractivity contribution in [2.24, 2.45) is 0 Å². The third-order valence-corrected chi connectivity index (χ3v) is 6.76. The van der Waals surface area contributed by atoms with Gasteiger partial charge in [0.25, 0.3) is 5.91 Å². The number of anilines is 1. The summed E-state index contributed by atoms with van der Waals surface area (Å²) in [6.45, 7) is 8.62. The zero-order chi connectivity index (χ0) is 23.1. The number of nitrogens with two attached hydrogens (primary N) is 1. The molecule has 32 heavy (non-hydrogen) atoms. The number of hydrogen-bond acceptors (Lipinski definition) is 6. The van der Waals surface area contributed by atoms with Gasteiger partial charge in [-0.15, -0.1) is 11.3 Å². The lowest BCUT2D eigenvalue weighted by atomic mass is 10.1. The SMILES string of the molecule is CCN(CC)CCOc1ccc(-c2cc(C(=O)N[C@H]3CCCN(C(=O)O)C3)c(N)s2)cc1. The lowest BCUT2D eigenvalue weighted by Gasteiger charge is -2.31. The molecule has 3 rings (SSSR count). The summed E-state index contributed by atoms with van der Waals surface area (Å²) in [4.78, 5) is 28.5. The van der Waals surface area contributed by atoms with Crippen LogP contribution in [0.25, 0.3) is 10.4 Å². The molecule has 2 amide bonds. The van der Waals surface area contributed by atoms with Crippen LogP contribution in [0.1, 0.15) is 37.0 Å². The fourth-order valence-corrected chi connectivity index (χ4v) is 4.73. The molecule has 0 spiro atoms. The van der Waals surface area contributed by atoms with Gasteiger partial charge in [0.15, 0.2) is 0 Å². The molecule has 1 aliphatic heterocycles. The summed E-state index contributed by atoms with van der Waals surface area (Å²) < 4.78 is 5.84. The molecule has 2 aromatic rings. The summed E-state index contributed by atoms with van der Waals surface area (Å²) in [6.07, 6.45) is 0.523. The molecule has 174 valence electrons. The smallest absolute Gasteiger partial charge is 0.407 e. The molecule has 1 aromatic carbocycles. The van der Waals surface area contributed by atoms with Crippen molar-refractivity contribution >= 4 is 28.3 Å². The fraction of sp³-hybridized carbons (Fsp3) is 0.478. The van der Waals surface area contributed by atoms with E-state index in [1.165, 1.54) is 16.2 Å². The maximum absolute atomic E-state index is 12.8. The number of benzene rings is 1. The minimum Gasteiger partial charge on any atom is -0.492 e. The van der Waals surface area contributed by atoms with Gasteiger partial charge in [-0.1, -0.05) is 13.8 Å². The number of thiophene rings is 1. The number of amides is 2. The molecule has 9 heteroatoms. The first-order chi connectivity index (χ1) is 15.4. The molecule has 0 bridgehead atoms. The van der Waals surface area contributed by atoms with Gasteiger partial charge >= 0.3 is 6.09 Å². The van der Waals surface area contributed by atoms with Crippen LogP contribution in [0.5, 0.6) is 5.75 Å². The molecule has 1 atom stereocenters. The topological polar surface area (TPSA) is 108 Å². The average molecular weight is 461 g/mol. The first kappa shape index (κ1) is 23.9. The molecule has 4 N–H and O–H groups in total. The number of hydrogen-bond donors (Lipinski definition) is 3. The Labute approximate surface area is 193 Å². The molecule has 0 aliphatic carbocycles. The van der Waals surface area contributed by atoms with Crippen molar-refractivity contribution in [1.82, 2.24) is 15.1 Å². The number of likely N-dealkylation sites (tertiary alicyclic amines) is 1. The summed E-state index contributed by atoms with van der Waals surface area (Å²) in [5.74, 6) is 0.544. The molecule has 1 aliphatic rings. The number of rotatable bonds is 9. The van der Waals surface area contributed by atoms with Gasteiger partial charge in [-0.25, -0.2) is 4.79 Å². The van der Waals surface area contributed by atoms with Crippen molar-refractivity contribution in [2.45, 2.75) is 32.7 Å². The first-order valence-electron chi connectivity index (χ1n) is 11.0. The van der Waals surface area contributed by atoms with Crippen LogP contribution < -0.4 is 15.8 Å². The maximum Gasteiger partial charge on any atom is 0.407 e. The van der Waals surface area contributed by atoms with Crippen molar-refractivity contribution in [1.29, 1.82) is 0 Å². The van der Waals surface area contributed by atoms with Crippen molar-refractivity contribution in [3.8, 4) is 16.2 Å². The van der Waals surface area contributed by atoms with Gasteiger partial charge in [-0.3, -0.25) is 4.79 Å². The highest BCUT2D eigenvalue weighted by molar-refractivity contribution is 7.19. The highest BCUT2D eigenvalue weighted by atomic mass is 32.1. The second-order valence-electron chi connectivity index (χ2n) is 7.83.